The Bertz CT molecular complexity index is 686. The van der Waals surface area contributed by atoms with Crippen molar-refractivity contribution >= 4 is 29.1 Å². The van der Waals surface area contributed by atoms with Crippen molar-refractivity contribution in [1.82, 2.24) is 10.3 Å². The lowest BCUT2D eigenvalue weighted by Crippen LogP contribution is -2.40. The number of nitrogens with zero attached hydrogens (tertiary/aromatic N) is 2. The average Bonchev–Trinajstić information content (AvgIpc) is 3.10. The van der Waals surface area contributed by atoms with Crippen molar-refractivity contribution in [2.75, 3.05) is 18.4 Å². The van der Waals surface area contributed by atoms with Gasteiger partial charge in [-0.3, -0.25) is 14.4 Å². The predicted molar refractivity (Wildman–Crippen MR) is 96.2 cm³/mol. The van der Waals surface area contributed by atoms with E-state index in [1.165, 1.54) is 4.90 Å². The molecule has 1 aromatic carbocycles. The van der Waals surface area contributed by atoms with Gasteiger partial charge in [0.05, 0.1) is 6.42 Å². The van der Waals surface area contributed by atoms with E-state index in [9.17, 15) is 14.4 Å². The Hall–Kier alpha value is -2.70. The fraction of sp³-hybridized carbons (Fsp3) is 0.444. The third kappa shape index (κ3) is 5.14. The summed E-state index contributed by atoms with van der Waals surface area (Å²) < 4.78 is 0. The minimum Gasteiger partial charge on any atom is -0.334 e. The van der Waals surface area contributed by atoms with Gasteiger partial charge in [0, 0.05) is 24.5 Å². The summed E-state index contributed by atoms with van der Waals surface area (Å²) in [4.78, 5) is 37.3. The number of carbonyl (C=O) groups is 3. The minimum atomic E-state index is -0.767. The van der Waals surface area contributed by atoms with E-state index in [0.717, 1.165) is 29.7 Å². The van der Waals surface area contributed by atoms with Gasteiger partial charge in [-0.1, -0.05) is 18.2 Å². The number of aryl methyl sites for hydroxylation is 2. The summed E-state index contributed by atoms with van der Waals surface area (Å²) in [5, 5.41) is 6.71. The topological polar surface area (TPSA) is 90.9 Å². The lowest BCUT2D eigenvalue weighted by molar-refractivity contribution is -0.145. The maximum atomic E-state index is 12.1. The zero-order valence-electron chi connectivity index (χ0n) is 14.9. The van der Waals surface area contributed by atoms with Crippen LogP contribution in [-0.2, 0) is 14.4 Å². The molecule has 25 heavy (non-hydrogen) atoms. The molecule has 1 aromatic rings. The highest BCUT2D eigenvalue weighted by Gasteiger charge is 2.24. The summed E-state index contributed by atoms with van der Waals surface area (Å²) >= 11 is 0. The Morgan fingerprint density at radius 1 is 1.12 bits per heavy atom. The maximum absolute atomic E-state index is 12.1. The third-order valence-corrected chi connectivity index (χ3v) is 4.10. The first-order valence-corrected chi connectivity index (χ1v) is 8.37. The van der Waals surface area contributed by atoms with Crippen molar-refractivity contribution in [2.24, 2.45) is 5.10 Å². The van der Waals surface area contributed by atoms with Crippen LogP contribution in [0.3, 0.4) is 0 Å². The standard InChI is InChI=1S/C18H24N4O3/c1-12-7-6-8-13(2)16(12)19-15(23)11-14(3)20-21-17(24)18(25)22-9-4-5-10-22/h6-8H,4-5,9-11H2,1-3H3,(H,19,23)(H,21,24)/b20-14+. The van der Waals surface area contributed by atoms with Crippen molar-refractivity contribution < 1.29 is 14.4 Å². The number of benzene rings is 1. The molecule has 0 saturated carbocycles. The minimum absolute atomic E-state index is 0.0337. The number of rotatable bonds is 4. The molecule has 0 spiro atoms. The van der Waals surface area contributed by atoms with Gasteiger partial charge in [0.1, 0.15) is 0 Å². The third-order valence-electron chi connectivity index (χ3n) is 4.10. The Morgan fingerprint density at radius 2 is 1.72 bits per heavy atom. The number of para-hydroxylation sites is 1. The monoisotopic (exact) mass is 344 g/mol. The van der Waals surface area contributed by atoms with Crippen LogP contribution in [0.5, 0.6) is 0 Å². The number of carbonyl (C=O) groups excluding carboxylic acids is 3. The number of likely N-dealkylation sites (tertiary alicyclic amines) is 1. The van der Waals surface area contributed by atoms with Gasteiger partial charge < -0.3 is 10.2 Å². The van der Waals surface area contributed by atoms with Crippen LogP contribution in [0.25, 0.3) is 0 Å². The molecule has 2 N–H and O–H groups in total. The van der Waals surface area contributed by atoms with Crippen LogP contribution in [0.2, 0.25) is 0 Å². The number of hydrazone groups is 1. The fourth-order valence-corrected chi connectivity index (χ4v) is 2.72. The highest BCUT2D eigenvalue weighted by atomic mass is 16.2. The molecule has 0 bridgehead atoms. The lowest BCUT2D eigenvalue weighted by Gasteiger charge is -2.13. The van der Waals surface area contributed by atoms with Gasteiger partial charge in [-0.15, -0.1) is 0 Å². The highest BCUT2D eigenvalue weighted by molar-refractivity contribution is 6.35. The molecule has 2 rings (SSSR count). The Kier molecular flexibility index (Phi) is 6.27. The second-order valence-corrected chi connectivity index (χ2v) is 6.28. The predicted octanol–water partition coefficient (Wildman–Crippen LogP) is 1.75. The number of nitrogens with one attached hydrogen (secondary N) is 2. The molecule has 0 atom stereocenters. The molecular formula is C18H24N4O3. The van der Waals surface area contributed by atoms with Gasteiger partial charge in [-0.25, -0.2) is 5.43 Å². The van der Waals surface area contributed by atoms with Crippen molar-refractivity contribution in [3.05, 3.63) is 29.3 Å². The van der Waals surface area contributed by atoms with Crippen molar-refractivity contribution in [3.63, 3.8) is 0 Å². The largest absolute Gasteiger partial charge is 0.334 e. The van der Waals surface area contributed by atoms with Gasteiger partial charge in [0.2, 0.25) is 5.91 Å². The summed E-state index contributed by atoms with van der Waals surface area (Å²) in [7, 11) is 0. The number of hydrogen-bond acceptors (Lipinski definition) is 4. The highest BCUT2D eigenvalue weighted by Crippen LogP contribution is 2.19. The summed E-state index contributed by atoms with van der Waals surface area (Å²) in [5.41, 5.74) is 5.40. The zero-order valence-corrected chi connectivity index (χ0v) is 14.9. The smallest absolute Gasteiger partial charge is 0.329 e. The summed E-state index contributed by atoms with van der Waals surface area (Å²) in [6.45, 7) is 6.69. The molecule has 1 heterocycles. The van der Waals surface area contributed by atoms with Crippen LogP contribution in [-0.4, -0.2) is 41.4 Å². The van der Waals surface area contributed by atoms with Crippen molar-refractivity contribution in [1.29, 1.82) is 0 Å². The van der Waals surface area contributed by atoms with Crippen LogP contribution < -0.4 is 10.7 Å². The van der Waals surface area contributed by atoms with Crippen LogP contribution in [0, 0.1) is 13.8 Å². The van der Waals surface area contributed by atoms with Gasteiger partial charge >= 0.3 is 11.8 Å². The van der Waals surface area contributed by atoms with E-state index < -0.39 is 11.8 Å². The summed E-state index contributed by atoms with van der Waals surface area (Å²) in [6.07, 6.45) is 1.87. The van der Waals surface area contributed by atoms with Crippen LogP contribution >= 0.6 is 0 Å². The van der Waals surface area contributed by atoms with E-state index in [2.05, 4.69) is 15.8 Å². The van der Waals surface area contributed by atoms with Gasteiger partial charge in [0.25, 0.3) is 0 Å². The second-order valence-electron chi connectivity index (χ2n) is 6.28. The first-order chi connectivity index (χ1) is 11.9. The molecule has 7 heteroatoms. The summed E-state index contributed by atoms with van der Waals surface area (Å²) in [6, 6.07) is 5.78. The van der Waals surface area contributed by atoms with E-state index in [-0.39, 0.29) is 12.3 Å². The van der Waals surface area contributed by atoms with Crippen LogP contribution in [0.15, 0.2) is 23.3 Å². The maximum Gasteiger partial charge on any atom is 0.329 e. The molecule has 0 aromatic heterocycles. The number of hydrogen-bond donors (Lipinski definition) is 2. The van der Waals surface area contributed by atoms with E-state index in [1.807, 2.05) is 32.0 Å². The van der Waals surface area contributed by atoms with E-state index in [4.69, 9.17) is 0 Å². The molecular weight excluding hydrogens is 320 g/mol. The Balaban J connectivity index is 1.86. The molecule has 1 aliphatic heterocycles. The molecule has 3 amide bonds. The van der Waals surface area contributed by atoms with Crippen molar-refractivity contribution in [3.8, 4) is 0 Å². The number of amides is 3. The van der Waals surface area contributed by atoms with Gasteiger partial charge in [0.15, 0.2) is 0 Å². The van der Waals surface area contributed by atoms with E-state index in [1.54, 1.807) is 6.92 Å². The zero-order chi connectivity index (χ0) is 18.4. The van der Waals surface area contributed by atoms with E-state index in [0.29, 0.717) is 18.8 Å². The number of anilines is 1. The Morgan fingerprint density at radius 3 is 2.32 bits per heavy atom. The molecule has 0 unspecified atom stereocenters. The SMILES string of the molecule is C/C(CC(=O)Nc1c(C)cccc1C)=N\NC(=O)C(=O)N1CCCC1. The van der Waals surface area contributed by atoms with Gasteiger partial charge in [-0.2, -0.15) is 5.10 Å². The fourth-order valence-electron chi connectivity index (χ4n) is 2.72. The summed E-state index contributed by atoms with van der Waals surface area (Å²) in [5.74, 6) is -1.57. The first kappa shape index (κ1) is 18.6. The molecule has 1 fully saturated rings. The second kappa shape index (κ2) is 8.41. The first-order valence-electron chi connectivity index (χ1n) is 8.37. The Labute approximate surface area is 147 Å². The quantitative estimate of drug-likeness (QED) is 0.495. The van der Waals surface area contributed by atoms with Gasteiger partial charge in [-0.05, 0) is 44.7 Å². The normalized spacial score (nSPS) is 14.4. The molecule has 1 saturated heterocycles. The molecule has 0 radical (unpaired) electrons. The van der Waals surface area contributed by atoms with Crippen molar-refractivity contribution in [2.45, 2.75) is 40.0 Å². The molecule has 1 aliphatic rings. The average molecular weight is 344 g/mol. The molecule has 134 valence electrons. The molecule has 7 nitrogen and oxygen atoms in total. The van der Waals surface area contributed by atoms with Crippen LogP contribution in [0.4, 0.5) is 5.69 Å². The lowest BCUT2D eigenvalue weighted by atomic mass is 10.1. The van der Waals surface area contributed by atoms with Crippen LogP contribution in [0.1, 0.15) is 37.3 Å². The van der Waals surface area contributed by atoms with E-state index >= 15 is 0 Å². The molecule has 0 aliphatic carbocycles.